The Bertz CT molecular complexity index is 906. The molecule has 29 heavy (non-hydrogen) atoms. The van der Waals surface area contributed by atoms with E-state index in [0.29, 0.717) is 10.7 Å². The Morgan fingerprint density at radius 3 is 2.83 bits per heavy atom. The van der Waals surface area contributed by atoms with Crippen LogP contribution in [0.1, 0.15) is 51.9 Å². The van der Waals surface area contributed by atoms with Gasteiger partial charge in [0.25, 0.3) is 0 Å². The third-order valence-electron chi connectivity index (χ3n) is 4.91. The van der Waals surface area contributed by atoms with Crippen molar-refractivity contribution in [3.8, 4) is 0 Å². The van der Waals surface area contributed by atoms with E-state index in [-0.39, 0.29) is 35.6 Å². The van der Waals surface area contributed by atoms with Crippen molar-refractivity contribution < 1.29 is 19.1 Å². The number of ketones is 1. The molecule has 2 aromatic heterocycles. The summed E-state index contributed by atoms with van der Waals surface area (Å²) >= 11 is 1.19. The lowest BCUT2D eigenvalue weighted by molar-refractivity contribution is 0.0526. The summed E-state index contributed by atoms with van der Waals surface area (Å²) < 4.78 is 12.8. The van der Waals surface area contributed by atoms with Crippen LogP contribution in [0.5, 0.6) is 0 Å². The second-order valence-electron chi connectivity index (χ2n) is 6.91. The smallest absolute Gasteiger partial charge is 0.343 e. The van der Waals surface area contributed by atoms with Gasteiger partial charge in [-0.15, -0.1) is 0 Å². The minimum atomic E-state index is -0.559. The van der Waals surface area contributed by atoms with Gasteiger partial charge in [-0.1, -0.05) is 11.8 Å². The zero-order valence-electron chi connectivity index (χ0n) is 16.9. The molecule has 0 amide bonds. The van der Waals surface area contributed by atoms with E-state index in [1.807, 2.05) is 19.9 Å². The summed E-state index contributed by atoms with van der Waals surface area (Å²) in [5.41, 5.74) is 8.65. The molecule has 9 heteroatoms. The minimum Gasteiger partial charge on any atom is -0.462 e. The molecular weight excluding hydrogens is 392 g/mol. The molecular formula is C20H26N4O4S. The van der Waals surface area contributed by atoms with Gasteiger partial charge in [-0.3, -0.25) is 4.79 Å². The number of carbonyl (C=O) groups excluding carboxylic acids is 2. The first-order valence-electron chi connectivity index (χ1n) is 9.64. The molecule has 1 fully saturated rings. The number of nitrogens with two attached hydrogens (primary N) is 1. The predicted molar refractivity (Wildman–Crippen MR) is 110 cm³/mol. The van der Waals surface area contributed by atoms with Crippen LogP contribution in [0.15, 0.2) is 17.4 Å². The third kappa shape index (κ3) is 4.97. The Labute approximate surface area is 174 Å². The number of anilines is 1. The predicted octanol–water partition coefficient (Wildman–Crippen LogP) is 2.81. The largest absolute Gasteiger partial charge is 0.462 e. The van der Waals surface area contributed by atoms with Crippen molar-refractivity contribution in [1.82, 2.24) is 14.5 Å². The highest BCUT2D eigenvalue weighted by Gasteiger charge is 2.21. The zero-order valence-corrected chi connectivity index (χ0v) is 17.8. The van der Waals surface area contributed by atoms with Gasteiger partial charge in [0.2, 0.25) is 0 Å². The summed E-state index contributed by atoms with van der Waals surface area (Å²) in [7, 11) is 0. The fraction of sp³-hybridized carbons (Fsp3) is 0.500. The van der Waals surface area contributed by atoms with Crippen LogP contribution in [0.4, 0.5) is 5.82 Å². The van der Waals surface area contributed by atoms with E-state index in [9.17, 15) is 9.59 Å². The fourth-order valence-electron chi connectivity index (χ4n) is 3.38. The van der Waals surface area contributed by atoms with Gasteiger partial charge in [0, 0.05) is 36.3 Å². The second-order valence-corrected chi connectivity index (χ2v) is 7.86. The molecule has 1 aliphatic heterocycles. The quantitative estimate of drug-likeness (QED) is 0.302. The molecule has 0 spiro atoms. The molecule has 8 nitrogen and oxygen atoms in total. The van der Waals surface area contributed by atoms with Crippen molar-refractivity contribution in [2.75, 3.05) is 24.7 Å². The van der Waals surface area contributed by atoms with Gasteiger partial charge in [0.15, 0.2) is 10.9 Å². The van der Waals surface area contributed by atoms with Gasteiger partial charge in [0.1, 0.15) is 11.4 Å². The molecule has 1 aliphatic rings. The SMILES string of the molecule is CCOC(=O)c1cnc(SCC(=O)c2cc(C)n(CC3CCCO3)c2C)nc1N. The Morgan fingerprint density at radius 1 is 1.38 bits per heavy atom. The maximum absolute atomic E-state index is 12.8. The molecule has 3 rings (SSSR count). The van der Waals surface area contributed by atoms with E-state index >= 15 is 0 Å². The summed E-state index contributed by atoms with van der Waals surface area (Å²) in [6, 6.07) is 1.92. The topological polar surface area (TPSA) is 109 Å². The summed E-state index contributed by atoms with van der Waals surface area (Å²) in [4.78, 5) is 32.8. The number of aryl methyl sites for hydroxylation is 1. The molecule has 0 bridgehead atoms. The van der Waals surface area contributed by atoms with Gasteiger partial charge in [-0.25, -0.2) is 14.8 Å². The van der Waals surface area contributed by atoms with Crippen LogP contribution in [0.3, 0.4) is 0 Å². The van der Waals surface area contributed by atoms with E-state index < -0.39 is 5.97 Å². The van der Waals surface area contributed by atoms with E-state index in [1.54, 1.807) is 6.92 Å². The summed E-state index contributed by atoms with van der Waals surface area (Å²) in [5.74, 6) is -0.333. The summed E-state index contributed by atoms with van der Waals surface area (Å²) in [6.07, 6.45) is 3.69. The van der Waals surface area contributed by atoms with E-state index in [1.165, 1.54) is 18.0 Å². The highest BCUT2D eigenvalue weighted by molar-refractivity contribution is 7.99. The van der Waals surface area contributed by atoms with Crippen molar-refractivity contribution in [2.24, 2.45) is 0 Å². The molecule has 2 N–H and O–H groups in total. The van der Waals surface area contributed by atoms with Crippen LogP contribution in [-0.2, 0) is 16.0 Å². The number of nitrogens with zero attached hydrogens (tertiary/aromatic N) is 3. The first-order valence-corrected chi connectivity index (χ1v) is 10.6. The standard InChI is InChI=1S/C20H26N4O4S/c1-4-27-19(26)16-9-22-20(23-18(16)21)29-11-17(25)15-8-12(2)24(13(15)3)10-14-6-5-7-28-14/h8-9,14H,4-7,10-11H2,1-3H3,(H2,21,22,23). The van der Waals surface area contributed by atoms with Crippen molar-refractivity contribution >= 4 is 29.3 Å². The molecule has 1 atom stereocenters. The zero-order chi connectivity index (χ0) is 21.0. The molecule has 1 unspecified atom stereocenters. The lowest BCUT2D eigenvalue weighted by atomic mass is 10.2. The van der Waals surface area contributed by atoms with E-state index in [4.69, 9.17) is 15.2 Å². The summed E-state index contributed by atoms with van der Waals surface area (Å²) in [5, 5.41) is 0.345. The van der Waals surface area contributed by atoms with Gasteiger partial charge in [-0.2, -0.15) is 0 Å². The van der Waals surface area contributed by atoms with Crippen LogP contribution < -0.4 is 5.73 Å². The molecule has 0 aliphatic carbocycles. The number of thioether (sulfide) groups is 1. The van der Waals surface area contributed by atoms with Crippen LogP contribution in [-0.4, -0.2) is 51.4 Å². The number of ether oxygens (including phenoxy) is 2. The molecule has 0 saturated carbocycles. The number of carbonyl (C=O) groups is 2. The third-order valence-corrected chi connectivity index (χ3v) is 5.77. The normalized spacial score (nSPS) is 16.2. The highest BCUT2D eigenvalue weighted by atomic mass is 32.2. The number of Topliss-reactive ketones (excluding diaryl/α,β-unsaturated/α-hetero) is 1. The maximum atomic E-state index is 12.8. The van der Waals surface area contributed by atoms with Crippen LogP contribution >= 0.6 is 11.8 Å². The van der Waals surface area contributed by atoms with Crippen molar-refractivity contribution in [3.63, 3.8) is 0 Å². The van der Waals surface area contributed by atoms with Crippen molar-refractivity contribution in [2.45, 2.75) is 51.4 Å². The molecule has 1 saturated heterocycles. The monoisotopic (exact) mass is 418 g/mol. The first kappa shape index (κ1) is 21.3. The van der Waals surface area contributed by atoms with Gasteiger partial charge >= 0.3 is 5.97 Å². The fourth-order valence-corrected chi connectivity index (χ4v) is 4.08. The highest BCUT2D eigenvalue weighted by Crippen LogP contribution is 2.23. The average molecular weight is 419 g/mol. The molecule has 156 valence electrons. The Kier molecular flexibility index (Phi) is 6.92. The molecule has 3 heterocycles. The Balaban J connectivity index is 1.65. The lowest BCUT2D eigenvalue weighted by Crippen LogP contribution is -2.17. The Hall–Kier alpha value is -2.39. The van der Waals surface area contributed by atoms with Crippen LogP contribution in [0, 0.1) is 13.8 Å². The summed E-state index contributed by atoms with van der Waals surface area (Å²) in [6.45, 7) is 7.50. The van der Waals surface area contributed by atoms with Crippen molar-refractivity contribution in [1.29, 1.82) is 0 Å². The van der Waals surface area contributed by atoms with Gasteiger partial charge < -0.3 is 19.8 Å². The lowest BCUT2D eigenvalue weighted by Gasteiger charge is -2.14. The Morgan fingerprint density at radius 2 is 2.17 bits per heavy atom. The number of aromatic nitrogens is 3. The average Bonchev–Trinajstić information content (AvgIpc) is 3.30. The minimum absolute atomic E-state index is 0.00155. The molecule has 0 aromatic carbocycles. The number of nitrogen functional groups attached to an aromatic ring is 1. The van der Waals surface area contributed by atoms with Crippen molar-refractivity contribution in [3.05, 3.63) is 34.8 Å². The second kappa shape index (κ2) is 9.41. The van der Waals surface area contributed by atoms with Crippen LogP contribution in [0.25, 0.3) is 0 Å². The number of hydrogen-bond acceptors (Lipinski definition) is 8. The van der Waals surface area contributed by atoms with E-state index in [2.05, 4.69) is 14.5 Å². The van der Waals surface area contributed by atoms with E-state index in [0.717, 1.165) is 37.4 Å². The van der Waals surface area contributed by atoms with Gasteiger partial charge in [-0.05, 0) is 39.7 Å². The molecule has 2 aromatic rings. The number of esters is 1. The number of rotatable bonds is 8. The molecule has 0 radical (unpaired) electrons. The van der Waals surface area contributed by atoms with Gasteiger partial charge in [0.05, 0.1) is 18.5 Å². The number of hydrogen-bond donors (Lipinski definition) is 1. The van der Waals surface area contributed by atoms with Crippen LogP contribution in [0.2, 0.25) is 0 Å². The maximum Gasteiger partial charge on any atom is 0.343 e. The first-order chi connectivity index (χ1) is 13.9.